The molecule has 1 N–H and O–H groups in total. The second-order valence-corrected chi connectivity index (χ2v) is 12.1. The van der Waals surface area contributed by atoms with E-state index in [1.165, 1.54) is 63.4 Å². The van der Waals surface area contributed by atoms with Crippen LogP contribution in [0.5, 0.6) is 0 Å². The molecule has 0 unspecified atom stereocenters. The first-order valence-corrected chi connectivity index (χ1v) is 15.3. The van der Waals surface area contributed by atoms with Crippen LogP contribution in [-0.4, -0.2) is 72.8 Å². The smallest absolute Gasteiger partial charge is 0.409 e. The summed E-state index contributed by atoms with van der Waals surface area (Å²) in [5.74, 6) is 5.08. The second kappa shape index (κ2) is 20.1. The van der Waals surface area contributed by atoms with Crippen molar-refractivity contribution in [2.45, 2.75) is 97.4 Å². The molecule has 1 saturated carbocycles. The van der Waals surface area contributed by atoms with Crippen molar-refractivity contribution in [3.05, 3.63) is 21.6 Å². The van der Waals surface area contributed by atoms with Crippen molar-refractivity contribution in [2.75, 3.05) is 33.4 Å². The van der Waals surface area contributed by atoms with Crippen LogP contribution < -0.4 is 0 Å². The first-order valence-electron chi connectivity index (χ1n) is 14.5. The number of ether oxygens (including phenoxy) is 2. The predicted molar refractivity (Wildman–Crippen MR) is 165 cm³/mol. The van der Waals surface area contributed by atoms with Crippen molar-refractivity contribution in [1.82, 2.24) is 9.80 Å². The van der Waals surface area contributed by atoms with E-state index in [1.54, 1.807) is 4.90 Å². The number of piperidine rings is 1. The van der Waals surface area contributed by atoms with Gasteiger partial charge in [0.2, 0.25) is 6.41 Å². The lowest BCUT2D eigenvalue weighted by Crippen LogP contribution is -2.46. The molecule has 4 aliphatic rings. The summed E-state index contributed by atoms with van der Waals surface area (Å²) in [7, 11) is 1.34. The zero-order valence-corrected chi connectivity index (χ0v) is 26.1. The van der Waals surface area contributed by atoms with Crippen LogP contribution in [0, 0.1) is 30.1 Å². The van der Waals surface area contributed by atoms with Gasteiger partial charge in [-0.25, -0.2) is 9.59 Å². The molecule has 0 aromatic rings. The number of nitrogens with zero attached hydrogens (tertiary/aromatic N) is 2. The number of hydrogen-bond donors (Lipinski definition) is 1. The fourth-order valence-corrected chi connectivity index (χ4v) is 5.49. The molecule has 3 aliphatic heterocycles. The number of rotatable bonds is 4. The minimum Gasteiger partial charge on any atom is -0.477 e. The first kappa shape index (κ1) is 36.1. The number of thioether (sulfide) groups is 1. The van der Waals surface area contributed by atoms with Crippen LogP contribution in [0.3, 0.4) is 0 Å². The number of terminal acetylenes is 1. The number of carboxylic acids is 1. The van der Waals surface area contributed by atoms with Gasteiger partial charge in [0.1, 0.15) is 4.91 Å². The van der Waals surface area contributed by atoms with Crippen molar-refractivity contribution in [2.24, 2.45) is 5.41 Å². The van der Waals surface area contributed by atoms with Gasteiger partial charge in [-0.05, 0) is 46.5 Å². The average molecular weight is 589 g/mol. The molecule has 2 amide bonds. The fourth-order valence-electron chi connectivity index (χ4n) is 4.60. The number of carbonyl (C=O) groups excluding carboxylic acids is 2. The van der Waals surface area contributed by atoms with Gasteiger partial charge >= 0.3 is 12.1 Å². The van der Waals surface area contributed by atoms with Crippen LogP contribution in [0.1, 0.15) is 91.4 Å². The minimum atomic E-state index is -1.07. The van der Waals surface area contributed by atoms with Gasteiger partial charge in [-0.1, -0.05) is 68.2 Å². The third-order valence-corrected chi connectivity index (χ3v) is 7.86. The standard InChI is InChI=1S/C20H26N2O5S.C6H12.C4H8O.C2H2/c1-20(2,3)10-7-15-5-6-16(17(28-15)18(24)25)22(13-23)14-8-11-21(12-9-14)19(26)27-4;1-2-4-6-5-3-1;1-2-4-5-3-1;1-2/h5,13-14H,6,8-9,11-12H2,1-4H3,(H,24,25);1-6H2;1-4H2;1-2H. The number of carboxylic acid groups (broad SMARTS) is 1. The second-order valence-electron chi connectivity index (χ2n) is 11.1. The highest BCUT2D eigenvalue weighted by atomic mass is 32.2. The van der Waals surface area contributed by atoms with E-state index >= 15 is 0 Å². The molecule has 0 bridgehead atoms. The van der Waals surface area contributed by atoms with Crippen LogP contribution in [0.25, 0.3) is 0 Å². The van der Waals surface area contributed by atoms with Crippen molar-refractivity contribution in [3.63, 3.8) is 0 Å². The molecule has 0 aromatic heterocycles. The number of methoxy groups -OCH3 is 1. The summed E-state index contributed by atoms with van der Waals surface area (Å²) in [6.45, 7) is 8.89. The maximum absolute atomic E-state index is 11.8. The van der Waals surface area contributed by atoms with Gasteiger partial charge in [0, 0.05) is 49.9 Å². The summed E-state index contributed by atoms with van der Waals surface area (Å²) in [5, 5.41) is 9.68. The highest BCUT2D eigenvalue weighted by Crippen LogP contribution is 2.37. The lowest BCUT2D eigenvalue weighted by atomic mass is 9.98. The molecule has 3 fully saturated rings. The Kier molecular flexibility index (Phi) is 17.7. The van der Waals surface area contributed by atoms with E-state index in [4.69, 9.17) is 9.47 Å². The zero-order valence-electron chi connectivity index (χ0n) is 25.3. The summed E-state index contributed by atoms with van der Waals surface area (Å²) in [4.78, 5) is 39.2. The van der Waals surface area contributed by atoms with Gasteiger partial charge in [-0.15, -0.1) is 12.8 Å². The highest BCUT2D eigenvalue weighted by molar-refractivity contribution is 8.07. The monoisotopic (exact) mass is 588 g/mol. The summed E-state index contributed by atoms with van der Waals surface area (Å²) < 4.78 is 9.67. The normalized spacial score (nSPS) is 18.8. The molecule has 0 aromatic carbocycles. The molecule has 0 radical (unpaired) electrons. The molecule has 8 nitrogen and oxygen atoms in total. The molecule has 4 rings (SSSR count). The summed E-state index contributed by atoms with van der Waals surface area (Å²) in [5.41, 5.74) is 0.294. The maximum Gasteiger partial charge on any atom is 0.409 e. The number of likely N-dealkylation sites (tertiary alicyclic amines) is 1. The zero-order chi connectivity index (χ0) is 30.7. The topological polar surface area (TPSA) is 96.4 Å². The molecule has 3 heterocycles. The minimum absolute atomic E-state index is 0.128. The molecule has 9 heteroatoms. The number of carbonyl (C=O) groups is 3. The van der Waals surface area contributed by atoms with E-state index in [0.717, 1.165) is 25.0 Å². The third-order valence-electron chi connectivity index (χ3n) is 6.75. The van der Waals surface area contributed by atoms with Crippen molar-refractivity contribution in [3.8, 4) is 24.7 Å². The molecular weight excluding hydrogens is 540 g/mol. The van der Waals surface area contributed by atoms with E-state index in [-0.39, 0.29) is 22.5 Å². The van der Waals surface area contributed by atoms with Crippen LogP contribution >= 0.6 is 11.8 Å². The first-order chi connectivity index (χ1) is 19.7. The van der Waals surface area contributed by atoms with E-state index in [9.17, 15) is 19.5 Å². The Morgan fingerprint density at radius 2 is 1.61 bits per heavy atom. The van der Waals surface area contributed by atoms with Crippen LogP contribution in [0.2, 0.25) is 0 Å². The summed E-state index contributed by atoms with van der Waals surface area (Å²) in [6, 6.07) is -0.154. The Morgan fingerprint density at radius 1 is 1.07 bits per heavy atom. The van der Waals surface area contributed by atoms with Crippen molar-refractivity contribution < 1.29 is 29.0 Å². The Morgan fingerprint density at radius 3 is 2.00 bits per heavy atom. The molecule has 1 aliphatic carbocycles. The Balaban J connectivity index is 0.000000526. The third kappa shape index (κ3) is 14.0. The van der Waals surface area contributed by atoms with Crippen molar-refractivity contribution in [1.29, 1.82) is 0 Å². The highest BCUT2D eigenvalue weighted by Gasteiger charge is 2.32. The number of allylic oxidation sites excluding steroid dienone is 2. The Bertz CT molecular complexity index is 950. The SMILES string of the molecule is C#C.C1CCCCC1.C1CCOC1.COC(=O)N1CCC(N(C=O)C2=C(C(=O)O)SC(C#CC(C)(C)C)=CC2)CC1. The van der Waals surface area contributed by atoms with Crippen LogP contribution in [-0.2, 0) is 19.1 Å². The number of hydrogen-bond acceptors (Lipinski definition) is 6. The van der Waals surface area contributed by atoms with Gasteiger partial charge in [0.25, 0.3) is 0 Å². The number of aliphatic carboxylic acids is 1. The van der Waals surface area contributed by atoms with E-state index in [0.29, 0.717) is 49.4 Å². The summed E-state index contributed by atoms with van der Waals surface area (Å²) >= 11 is 1.09. The van der Waals surface area contributed by atoms with Crippen molar-refractivity contribution >= 4 is 30.2 Å². The maximum atomic E-state index is 11.8. The van der Waals surface area contributed by atoms with Gasteiger partial charge in [0.05, 0.1) is 12.0 Å². The van der Waals surface area contributed by atoms with Crippen LogP contribution in [0.4, 0.5) is 4.79 Å². The lowest BCUT2D eigenvalue weighted by Gasteiger charge is -2.37. The Labute approximate surface area is 251 Å². The molecule has 228 valence electrons. The molecule has 41 heavy (non-hydrogen) atoms. The predicted octanol–water partition coefficient (Wildman–Crippen LogP) is 6.43. The van der Waals surface area contributed by atoms with E-state index < -0.39 is 5.97 Å². The van der Waals surface area contributed by atoms with Gasteiger partial charge < -0.3 is 24.4 Å². The summed E-state index contributed by atoms with van der Waals surface area (Å²) in [6.07, 6.45) is 23.2. The van der Waals surface area contributed by atoms with E-state index in [2.05, 4.69) is 24.7 Å². The molecule has 0 spiro atoms. The van der Waals surface area contributed by atoms with Gasteiger partial charge in [-0.2, -0.15) is 0 Å². The molecular formula is C32H48N2O6S. The fraction of sp³-hybridized carbons (Fsp3) is 0.656. The van der Waals surface area contributed by atoms with E-state index in [1.807, 2.05) is 26.8 Å². The average Bonchev–Trinajstić information content (AvgIpc) is 3.59. The largest absolute Gasteiger partial charge is 0.477 e. The molecule has 0 atom stereocenters. The lowest BCUT2D eigenvalue weighted by molar-refractivity contribution is -0.132. The van der Waals surface area contributed by atoms with Gasteiger partial charge in [0.15, 0.2) is 0 Å². The number of amides is 2. The van der Waals surface area contributed by atoms with Crippen LogP contribution in [0.15, 0.2) is 21.6 Å². The molecule has 2 saturated heterocycles. The Hall–Kier alpha value is -2.88. The quantitative estimate of drug-likeness (QED) is 0.299. The van der Waals surface area contributed by atoms with Gasteiger partial charge in [-0.3, -0.25) is 4.79 Å².